The van der Waals surface area contributed by atoms with Gasteiger partial charge in [-0.25, -0.2) is 28.6 Å². The van der Waals surface area contributed by atoms with Crippen LogP contribution in [0, 0.1) is 5.82 Å². The van der Waals surface area contributed by atoms with Crippen molar-refractivity contribution in [1.29, 1.82) is 0 Å². The summed E-state index contributed by atoms with van der Waals surface area (Å²) >= 11 is 2.12. The number of ether oxygens (including phenoxy) is 1. The second-order valence-electron chi connectivity index (χ2n) is 6.01. The normalized spacial score (nSPS) is 16.7. The number of nitrogens with zero attached hydrogens (tertiary/aromatic N) is 6. The first-order valence-corrected chi connectivity index (χ1v) is 9.47. The molecule has 1 aliphatic rings. The van der Waals surface area contributed by atoms with Gasteiger partial charge in [0, 0.05) is 11.8 Å². The molecule has 1 aliphatic heterocycles. The molecule has 1 N–H and O–H groups in total. The molecule has 0 saturated carbocycles. The molecule has 5 rings (SSSR count). The number of aromatic amines is 1. The Balaban J connectivity index is 1.59. The van der Waals surface area contributed by atoms with Crippen LogP contribution in [-0.4, -0.2) is 46.5 Å². The van der Waals surface area contributed by atoms with E-state index in [1.165, 1.54) is 17.3 Å². The van der Waals surface area contributed by atoms with Crippen LogP contribution in [0.3, 0.4) is 0 Å². The average molecular weight is 491 g/mol. The number of nitrogens with one attached hydrogen (secondary N) is 1. The molecule has 0 unspecified atom stereocenters. The van der Waals surface area contributed by atoms with Crippen LogP contribution in [0.4, 0.5) is 15.0 Å². The van der Waals surface area contributed by atoms with Crippen molar-refractivity contribution in [3.8, 4) is 22.5 Å². The van der Waals surface area contributed by atoms with Crippen LogP contribution < -0.4 is 4.90 Å². The second-order valence-corrected chi connectivity index (χ2v) is 7.45. The first-order chi connectivity index (χ1) is 13.6. The van der Waals surface area contributed by atoms with Gasteiger partial charge < -0.3 is 4.74 Å². The van der Waals surface area contributed by atoms with Gasteiger partial charge in [-0.3, -0.25) is 5.10 Å². The molecule has 4 heterocycles. The zero-order valence-electron chi connectivity index (χ0n) is 14.1. The van der Waals surface area contributed by atoms with Crippen LogP contribution in [0.25, 0.3) is 28.2 Å². The summed E-state index contributed by atoms with van der Waals surface area (Å²) in [6, 6.07) is 6.45. The Bertz CT molecular complexity index is 1190. The minimum absolute atomic E-state index is 0.149. The predicted molar refractivity (Wildman–Crippen MR) is 105 cm³/mol. The lowest BCUT2D eigenvalue weighted by atomic mass is 10.1. The Hall–Kier alpha value is -3.09. The third-order valence-electron chi connectivity index (χ3n) is 4.36. The smallest absolute Gasteiger partial charge is 0.416 e. The number of anilines is 1. The topological polar surface area (TPSA) is 101 Å². The molecule has 1 atom stereocenters. The molecule has 0 radical (unpaired) electrons. The molecule has 4 aromatic rings. The van der Waals surface area contributed by atoms with Crippen molar-refractivity contribution in [3.63, 3.8) is 0 Å². The summed E-state index contributed by atoms with van der Waals surface area (Å²) in [5, 5.41) is 10.7. The Morgan fingerprint density at radius 1 is 1.29 bits per heavy atom. The third kappa shape index (κ3) is 2.69. The lowest BCUT2D eigenvalue weighted by Gasteiger charge is -2.15. The monoisotopic (exact) mass is 491 g/mol. The van der Waals surface area contributed by atoms with E-state index in [1.807, 2.05) is 0 Å². The van der Waals surface area contributed by atoms with E-state index in [9.17, 15) is 9.18 Å². The minimum atomic E-state index is -0.456. The van der Waals surface area contributed by atoms with Gasteiger partial charge in [0.15, 0.2) is 11.5 Å². The van der Waals surface area contributed by atoms with Crippen LogP contribution in [-0.2, 0) is 4.74 Å². The molecule has 1 amide bonds. The zero-order chi connectivity index (χ0) is 19.3. The van der Waals surface area contributed by atoms with Crippen LogP contribution in [0.2, 0.25) is 0 Å². The van der Waals surface area contributed by atoms with Crippen LogP contribution in [0.1, 0.15) is 0 Å². The lowest BCUT2D eigenvalue weighted by molar-refractivity contribution is 0.180. The molecule has 1 fully saturated rings. The summed E-state index contributed by atoms with van der Waals surface area (Å²) in [5.41, 5.74) is 2.04. The summed E-state index contributed by atoms with van der Waals surface area (Å²) in [4.78, 5) is 22.0. The number of cyclic esters (lactones) is 1. The zero-order valence-corrected chi connectivity index (χ0v) is 16.2. The molecular formula is C17H11FIN7O2. The number of carbonyl (C=O) groups is 1. The Morgan fingerprint density at radius 2 is 2.18 bits per heavy atom. The maximum Gasteiger partial charge on any atom is 0.416 e. The fourth-order valence-corrected chi connectivity index (χ4v) is 3.73. The Kier molecular flexibility index (Phi) is 3.96. The van der Waals surface area contributed by atoms with Crippen LogP contribution >= 0.6 is 22.6 Å². The maximum atomic E-state index is 14.6. The van der Waals surface area contributed by atoms with Crippen LogP contribution in [0.15, 0.2) is 43.0 Å². The summed E-state index contributed by atoms with van der Waals surface area (Å²) in [6.45, 7) is 0.298. The highest BCUT2D eigenvalue weighted by molar-refractivity contribution is 14.1. The Labute approximate surface area is 170 Å². The first-order valence-electron chi connectivity index (χ1n) is 8.22. The number of H-pyrrole nitrogens is 1. The average Bonchev–Trinajstić information content (AvgIpc) is 3.42. The van der Waals surface area contributed by atoms with Gasteiger partial charge in [0.05, 0.1) is 11.8 Å². The summed E-state index contributed by atoms with van der Waals surface area (Å²) in [5.74, 6) is 0.280. The van der Waals surface area contributed by atoms with E-state index >= 15 is 0 Å². The number of halogens is 2. The highest BCUT2D eigenvalue weighted by Gasteiger charge is 2.33. The van der Waals surface area contributed by atoms with Crippen molar-refractivity contribution in [2.45, 2.75) is 4.05 Å². The number of hydrogen-bond donors (Lipinski definition) is 1. The second kappa shape index (κ2) is 6.51. The molecule has 11 heteroatoms. The Morgan fingerprint density at radius 3 is 2.89 bits per heavy atom. The number of rotatable bonds is 3. The highest BCUT2D eigenvalue weighted by atomic mass is 127. The quantitative estimate of drug-likeness (QED) is 0.269. The molecule has 1 aromatic carbocycles. The van der Waals surface area contributed by atoms with Gasteiger partial charge >= 0.3 is 6.09 Å². The fraction of sp³-hybridized carbons (Fsp3) is 0.118. The minimum Gasteiger partial charge on any atom is -0.446 e. The van der Waals surface area contributed by atoms with Crippen molar-refractivity contribution in [2.75, 3.05) is 11.5 Å². The molecule has 28 heavy (non-hydrogen) atoms. The number of benzene rings is 1. The first kappa shape index (κ1) is 17.0. The molecule has 140 valence electrons. The lowest BCUT2D eigenvalue weighted by Crippen LogP contribution is -2.29. The maximum absolute atomic E-state index is 14.6. The van der Waals surface area contributed by atoms with E-state index in [-0.39, 0.29) is 9.87 Å². The molecular weight excluding hydrogens is 480 g/mol. The van der Waals surface area contributed by atoms with E-state index in [2.05, 4.69) is 47.9 Å². The van der Waals surface area contributed by atoms with Crippen molar-refractivity contribution >= 4 is 40.1 Å². The van der Waals surface area contributed by atoms with Crippen molar-refractivity contribution in [1.82, 2.24) is 29.8 Å². The number of carbonyl (C=O) groups excluding carboxylic acids is 1. The fourth-order valence-electron chi connectivity index (χ4n) is 3.04. The highest BCUT2D eigenvalue weighted by Crippen LogP contribution is 2.30. The van der Waals surface area contributed by atoms with Crippen molar-refractivity contribution < 1.29 is 13.9 Å². The summed E-state index contributed by atoms with van der Waals surface area (Å²) in [7, 11) is 0. The van der Waals surface area contributed by atoms with Crippen molar-refractivity contribution in [2.24, 2.45) is 0 Å². The van der Waals surface area contributed by atoms with E-state index < -0.39 is 11.9 Å². The van der Waals surface area contributed by atoms with Gasteiger partial charge in [-0.1, -0.05) is 28.7 Å². The summed E-state index contributed by atoms with van der Waals surface area (Å²) < 4.78 is 21.1. The molecule has 3 aromatic heterocycles. The molecule has 0 bridgehead atoms. The van der Waals surface area contributed by atoms with E-state index in [1.54, 1.807) is 35.1 Å². The molecule has 1 saturated heterocycles. The van der Waals surface area contributed by atoms with Crippen molar-refractivity contribution in [3.05, 3.63) is 48.8 Å². The van der Waals surface area contributed by atoms with Gasteiger partial charge in [-0.05, 0) is 23.8 Å². The predicted octanol–water partition coefficient (Wildman–Crippen LogP) is 3.04. The SMILES string of the molecule is O=C1OC[C@@H](I)N1c1ccn2ncc(-c3ccc(-c4nc[nH]n4)c(F)c3)c2n1. The molecule has 9 nitrogen and oxygen atoms in total. The number of hydrogen-bond acceptors (Lipinski definition) is 6. The van der Waals surface area contributed by atoms with Gasteiger partial charge in [0.25, 0.3) is 0 Å². The van der Waals surface area contributed by atoms with Crippen LogP contribution in [0.5, 0.6) is 0 Å². The van der Waals surface area contributed by atoms with Gasteiger partial charge in [0.2, 0.25) is 0 Å². The molecule has 0 aliphatic carbocycles. The summed E-state index contributed by atoms with van der Waals surface area (Å²) in [6.07, 6.45) is 4.26. The standard InChI is InChI=1S/C17H11FIN7O2/c18-12-5-9(1-2-10(12)15-20-8-21-24-15)11-6-22-25-4-3-14(23-16(11)25)26-13(19)7-28-17(26)27/h1-6,8,13H,7H2,(H,20,21,24)/t13-/m0/s1. The van der Waals surface area contributed by atoms with E-state index in [4.69, 9.17) is 4.74 Å². The van der Waals surface area contributed by atoms with Gasteiger partial charge in [0.1, 0.15) is 28.6 Å². The third-order valence-corrected chi connectivity index (χ3v) is 5.28. The number of amides is 1. The number of aromatic nitrogens is 6. The van der Waals surface area contributed by atoms with Gasteiger partial charge in [-0.2, -0.15) is 10.2 Å². The van der Waals surface area contributed by atoms with E-state index in [0.29, 0.717) is 34.8 Å². The van der Waals surface area contributed by atoms with Gasteiger partial charge in [-0.15, -0.1) is 0 Å². The van der Waals surface area contributed by atoms with E-state index in [0.717, 1.165) is 0 Å². The largest absolute Gasteiger partial charge is 0.446 e. The number of fused-ring (bicyclic) bond motifs is 1. The number of alkyl halides is 1. The molecule has 0 spiro atoms.